The van der Waals surface area contributed by atoms with Crippen LogP contribution in [0.15, 0.2) is 0 Å². The SMILES string of the molecule is CC(=O)COCCOCCOCCOCC[NH3+]. The maximum Gasteiger partial charge on any atom is 0.155 e. The molecule has 0 aliphatic rings. The van der Waals surface area contributed by atoms with E-state index in [-0.39, 0.29) is 12.4 Å². The van der Waals surface area contributed by atoms with E-state index in [4.69, 9.17) is 18.9 Å². The van der Waals surface area contributed by atoms with Crippen molar-refractivity contribution < 1.29 is 29.5 Å². The smallest absolute Gasteiger partial charge is 0.155 e. The van der Waals surface area contributed by atoms with Crippen molar-refractivity contribution in [1.82, 2.24) is 0 Å². The van der Waals surface area contributed by atoms with Crippen molar-refractivity contribution >= 4 is 5.78 Å². The fourth-order valence-corrected chi connectivity index (χ4v) is 0.978. The molecular formula is C11H24NO5+. The van der Waals surface area contributed by atoms with E-state index in [2.05, 4.69) is 5.73 Å². The Hall–Kier alpha value is -0.530. The van der Waals surface area contributed by atoms with Gasteiger partial charge in [-0.15, -0.1) is 0 Å². The van der Waals surface area contributed by atoms with Crippen molar-refractivity contribution in [2.45, 2.75) is 6.92 Å². The van der Waals surface area contributed by atoms with E-state index >= 15 is 0 Å². The first kappa shape index (κ1) is 16.5. The van der Waals surface area contributed by atoms with Gasteiger partial charge >= 0.3 is 0 Å². The summed E-state index contributed by atoms with van der Waals surface area (Å²) in [6.45, 7) is 6.26. The van der Waals surface area contributed by atoms with Crippen LogP contribution < -0.4 is 5.73 Å². The van der Waals surface area contributed by atoms with Crippen LogP contribution >= 0.6 is 0 Å². The van der Waals surface area contributed by atoms with Crippen LogP contribution in [0, 0.1) is 0 Å². The topological polar surface area (TPSA) is 81.6 Å². The molecule has 0 saturated carbocycles. The molecule has 0 heterocycles. The third-order valence-electron chi connectivity index (χ3n) is 1.71. The van der Waals surface area contributed by atoms with Gasteiger partial charge in [0.25, 0.3) is 0 Å². The van der Waals surface area contributed by atoms with E-state index in [1.807, 2.05) is 0 Å². The number of hydrogen-bond acceptors (Lipinski definition) is 5. The monoisotopic (exact) mass is 250 g/mol. The molecule has 0 atom stereocenters. The molecule has 0 unspecified atom stereocenters. The number of carbonyl (C=O) groups excluding carboxylic acids is 1. The molecule has 6 nitrogen and oxygen atoms in total. The van der Waals surface area contributed by atoms with Gasteiger partial charge < -0.3 is 24.7 Å². The molecular weight excluding hydrogens is 226 g/mol. The zero-order valence-electron chi connectivity index (χ0n) is 10.6. The van der Waals surface area contributed by atoms with Gasteiger partial charge in [0.15, 0.2) is 5.78 Å². The van der Waals surface area contributed by atoms with Crippen LogP contribution in [0.4, 0.5) is 0 Å². The van der Waals surface area contributed by atoms with Gasteiger partial charge in [0, 0.05) is 0 Å². The van der Waals surface area contributed by atoms with Gasteiger partial charge in [0.2, 0.25) is 0 Å². The lowest BCUT2D eigenvalue weighted by Gasteiger charge is -2.06. The molecule has 0 rings (SSSR count). The van der Waals surface area contributed by atoms with Crippen molar-refractivity contribution in [2.24, 2.45) is 0 Å². The highest BCUT2D eigenvalue weighted by Gasteiger charge is 1.94. The van der Waals surface area contributed by atoms with E-state index in [1.54, 1.807) is 0 Å². The standard InChI is InChI=1S/C11H23NO5/c1-11(13)10-17-9-8-16-7-6-15-5-4-14-3-2-12/h2-10,12H2,1H3/p+1. The number of carbonyl (C=O) groups is 1. The molecule has 0 aromatic carbocycles. The maximum atomic E-state index is 10.5. The zero-order valence-corrected chi connectivity index (χ0v) is 10.6. The van der Waals surface area contributed by atoms with E-state index in [9.17, 15) is 4.79 Å². The van der Waals surface area contributed by atoms with Gasteiger partial charge in [-0.1, -0.05) is 0 Å². The van der Waals surface area contributed by atoms with E-state index in [1.165, 1.54) is 6.92 Å². The van der Waals surface area contributed by atoms with Gasteiger partial charge in [-0.3, -0.25) is 4.79 Å². The average Bonchev–Trinajstić information content (AvgIpc) is 2.30. The Labute approximate surface area is 102 Å². The summed E-state index contributed by atoms with van der Waals surface area (Å²) in [5.74, 6) is 0.0237. The van der Waals surface area contributed by atoms with Crippen molar-refractivity contribution in [1.29, 1.82) is 0 Å². The van der Waals surface area contributed by atoms with Crippen molar-refractivity contribution in [2.75, 3.05) is 59.4 Å². The molecule has 3 N–H and O–H groups in total. The zero-order chi connectivity index (χ0) is 12.8. The highest BCUT2D eigenvalue weighted by atomic mass is 16.6. The Balaban J connectivity index is 2.91. The van der Waals surface area contributed by atoms with Crippen molar-refractivity contribution in [3.05, 3.63) is 0 Å². The molecule has 0 bridgehead atoms. The number of ketones is 1. The Morgan fingerprint density at radius 3 is 1.65 bits per heavy atom. The molecule has 0 fully saturated rings. The fourth-order valence-electron chi connectivity index (χ4n) is 0.978. The molecule has 0 spiro atoms. The van der Waals surface area contributed by atoms with Crippen LogP contribution in [-0.2, 0) is 23.7 Å². The molecule has 6 heteroatoms. The van der Waals surface area contributed by atoms with Gasteiger partial charge in [-0.05, 0) is 6.92 Å². The third kappa shape index (κ3) is 15.5. The lowest BCUT2D eigenvalue weighted by atomic mass is 10.5. The predicted molar refractivity (Wildman–Crippen MR) is 61.7 cm³/mol. The highest BCUT2D eigenvalue weighted by molar-refractivity contribution is 5.76. The summed E-state index contributed by atoms with van der Waals surface area (Å²) in [4.78, 5) is 10.5. The Morgan fingerprint density at radius 1 is 0.824 bits per heavy atom. The molecule has 102 valence electrons. The summed E-state index contributed by atoms with van der Waals surface area (Å²) in [6, 6.07) is 0. The maximum absolute atomic E-state index is 10.5. The van der Waals surface area contributed by atoms with E-state index in [0.717, 1.165) is 6.54 Å². The summed E-state index contributed by atoms with van der Waals surface area (Å²) < 4.78 is 20.7. The highest BCUT2D eigenvalue weighted by Crippen LogP contribution is 1.82. The number of Topliss-reactive ketones (excluding diaryl/α,β-unsaturated/α-hetero) is 1. The molecule has 0 aromatic heterocycles. The second kappa shape index (κ2) is 13.5. The lowest BCUT2D eigenvalue weighted by molar-refractivity contribution is -0.374. The van der Waals surface area contributed by atoms with Crippen LogP contribution in [0.25, 0.3) is 0 Å². The quantitative estimate of drug-likeness (QED) is 0.419. The fraction of sp³-hybridized carbons (Fsp3) is 0.909. The van der Waals surface area contributed by atoms with Gasteiger partial charge in [-0.25, -0.2) is 0 Å². The van der Waals surface area contributed by atoms with Crippen LogP contribution in [0.1, 0.15) is 6.92 Å². The van der Waals surface area contributed by atoms with Crippen LogP contribution in [0.3, 0.4) is 0 Å². The van der Waals surface area contributed by atoms with Crippen molar-refractivity contribution in [3.63, 3.8) is 0 Å². The first-order valence-electron chi connectivity index (χ1n) is 5.87. The first-order chi connectivity index (χ1) is 8.27. The second-order valence-electron chi connectivity index (χ2n) is 3.45. The van der Waals surface area contributed by atoms with E-state index < -0.39 is 0 Å². The van der Waals surface area contributed by atoms with Gasteiger partial charge in [0.05, 0.1) is 52.8 Å². The number of hydrogen-bond donors (Lipinski definition) is 1. The van der Waals surface area contributed by atoms with Crippen LogP contribution in [0.5, 0.6) is 0 Å². The van der Waals surface area contributed by atoms with E-state index in [0.29, 0.717) is 46.2 Å². The second-order valence-corrected chi connectivity index (χ2v) is 3.45. The largest absolute Gasteiger partial charge is 0.377 e. The Kier molecular flexibility index (Phi) is 13.1. The third-order valence-corrected chi connectivity index (χ3v) is 1.71. The predicted octanol–water partition coefficient (Wildman–Crippen LogP) is -1.12. The summed E-state index contributed by atoms with van der Waals surface area (Å²) in [6.07, 6.45) is 0. The summed E-state index contributed by atoms with van der Waals surface area (Å²) in [5, 5.41) is 0. The molecule has 0 aromatic rings. The summed E-state index contributed by atoms with van der Waals surface area (Å²) >= 11 is 0. The van der Waals surface area contributed by atoms with Crippen LogP contribution in [-0.4, -0.2) is 65.2 Å². The van der Waals surface area contributed by atoms with Crippen LogP contribution in [0.2, 0.25) is 0 Å². The molecule has 0 saturated heterocycles. The minimum atomic E-state index is 0.0237. The Morgan fingerprint density at radius 2 is 1.24 bits per heavy atom. The first-order valence-corrected chi connectivity index (χ1v) is 5.87. The number of ether oxygens (including phenoxy) is 4. The number of rotatable bonds is 13. The molecule has 0 aliphatic carbocycles. The molecule has 17 heavy (non-hydrogen) atoms. The van der Waals surface area contributed by atoms with Gasteiger partial charge in [-0.2, -0.15) is 0 Å². The summed E-state index contributed by atoms with van der Waals surface area (Å²) in [7, 11) is 0. The average molecular weight is 250 g/mol. The lowest BCUT2D eigenvalue weighted by Crippen LogP contribution is -2.52. The Bertz CT molecular complexity index is 177. The normalized spacial score (nSPS) is 10.7. The molecule has 0 radical (unpaired) electrons. The minimum absolute atomic E-state index is 0.0237. The van der Waals surface area contributed by atoms with Crippen molar-refractivity contribution in [3.8, 4) is 0 Å². The summed E-state index contributed by atoms with van der Waals surface area (Å²) in [5.41, 5.74) is 3.66. The molecule has 0 amide bonds. The minimum Gasteiger partial charge on any atom is -0.377 e. The number of quaternary nitrogens is 1. The van der Waals surface area contributed by atoms with Gasteiger partial charge in [0.1, 0.15) is 6.61 Å². The molecule has 0 aliphatic heterocycles.